The third kappa shape index (κ3) is 5.05. The van der Waals surface area contributed by atoms with Gasteiger partial charge in [-0.2, -0.15) is 4.98 Å². The first-order valence-corrected chi connectivity index (χ1v) is 14.3. The van der Waals surface area contributed by atoms with Gasteiger partial charge < -0.3 is 14.5 Å². The Kier molecular flexibility index (Phi) is 7.01. The number of ether oxygens (including phenoxy) is 1. The van der Waals surface area contributed by atoms with Crippen LogP contribution in [0.4, 0.5) is 10.6 Å². The average molecular weight is 602 g/mol. The molecule has 38 heavy (non-hydrogen) atoms. The van der Waals surface area contributed by atoms with E-state index in [2.05, 4.69) is 45.7 Å². The Balaban J connectivity index is 1.45. The van der Waals surface area contributed by atoms with Crippen LogP contribution in [0.5, 0.6) is 0 Å². The third-order valence-electron chi connectivity index (χ3n) is 7.54. The SMILES string of the molecule is CC(C)c1ccccc1-n1c(=O)nc(N2CCC3(CC2)CN(C(=O)OC(C)(C)C)C3)c2cc(Cl)c(Br)cc21. The first kappa shape index (κ1) is 27.0. The van der Waals surface area contributed by atoms with E-state index in [0.717, 1.165) is 52.6 Å². The molecule has 3 aromatic rings. The molecule has 202 valence electrons. The van der Waals surface area contributed by atoms with Gasteiger partial charge in [0.25, 0.3) is 0 Å². The van der Waals surface area contributed by atoms with Crippen LogP contribution in [0.1, 0.15) is 58.9 Å². The number of fused-ring (bicyclic) bond motifs is 1. The second-order valence-corrected chi connectivity index (χ2v) is 13.1. The minimum atomic E-state index is -0.498. The molecule has 2 aliphatic rings. The van der Waals surface area contributed by atoms with Crippen LogP contribution in [-0.2, 0) is 4.74 Å². The minimum absolute atomic E-state index is 0.0923. The number of hydrogen-bond donors (Lipinski definition) is 0. The van der Waals surface area contributed by atoms with Gasteiger partial charge in [-0.25, -0.2) is 9.59 Å². The summed E-state index contributed by atoms with van der Waals surface area (Å²) in [5.74, 6) is 0.903. The Bertz CT molecular complexity index is 1450. The molecular weight excluding hydrogens is 568 g/mol. The van der Waals surface area contributed by atoms with Gasteiger partial charge in [0.15, 0.2) is 0 Å². The van der Waals surface area contributed by atoms with Gasteiger partial charge in [0.1, 0.15) is 11.4 Å². The zero-order chi connectivity index (χ0) is 27.4. The van der Waals surface area contributed by atoms with Crippen LogP contribution in [0.2, 0.25) is 5.02 Å². The van der Waals surface area contributed by atoms with E-state index in [1.165, 1.54) is 0 Å². The number of anilines is 1. The Morgan fingerprint density at radius 1 is 1.13 bits per heavy atom. The number of rotatable bonds is 3. The van der Waals surface area contributed by atoms with Gasteiger partial charge in [-0.3, -0.25) is 4.57 Å². The smallest absolute Gasteiger partial charge is 0.410 e. The number of piperidine rings is 1. The maximum Gasteiger partial charge on any atom is 0.410 e. The molecule has 0 aliphatic carbocycles. The standard InChI is InChI=1S/C29H34BrClN4O3/c1-18(2)19-8-6-7-9-23(19)35-24-15-21(30)22(31)14-20(24)25(32-26(35)36)33-12-10-29(11-13-33)16-34(17-29)27(37)38-28(3,4)5/h6-9,14-15,18H,10-13,16-17H2,1-5H3. The molecule has 9 heteroatoms. The molecule has 3 heterocycles. The molecule has 5 rings (SSSR count). The Labute approximate surface area is 236 Å². The molecule has 0 atom stereocenters. The highest BCUT2D eigenvalue weighted by molar-refractivity contribution is 9.10. The molecule has 2 saturated heterocycles. The summed E-state index contributed by atoms with van der Waals surface area (Å²) < 4.78 is 7.96. The number of carbonyl (C=O) groups excluding carboxylic acids is 1. The summed E-state index contributed by atoms with van der Waals surface area (Å²) in [5.41, 5.74) is 1.97. The van der Waals surface area contributed by atoms with E-state index in [-0.39, 0.29) is 23.1 Å². The van der Waals surface area contributed by atoms with Crippen LogP contribution >= 0.6 is 27.5 Å². The summed E-state index contributed by atoms with van der Waals surface area (Å²) in [6.45, 7) is 12.8. The number of likely N-dealkylation sites (tertiary alicyclic amines) is 1. The maximum absolute atomic E-state index is 13.6. The number of amides is 1. The van der Waals surface area contributed by atoms with Gasteiger partial charge in [0.05, 0.1) is 16.2 Å². The summed E-state index contributed by atoms with van der Waals surface area (Å²) in [4.78, 5) is 34.7. The van der Waals surface area contributed by atoms with Crippen LogP contribution in [0.3, 0.4) is 0 Å². The van der Waals surface area contributed by atoms with Crippen molar-refractivity contribution in [1.82, 2.24) is 14.5 Å². The lowest BCUT2D eigenvalue weighted by atomic mass is 9.72. The highest BCUT2D eigenvalue weighted by Gasteiger charge is 2.48. The maximum atomic E-state index is 13.6. The fourth-order valence-electron chi connectivity index (χ4n) is 5.59. The summed E-state index contributed by atoms with van der Waals surface area (Å²) in [6.07, 6.45) is 1.58. The lowest BCUT2D eigenvalue weighted by Crippen LogP contribution is -2.62. The summed E-state index contributed by atoms with van der Waals surface area (Å²) in [6, 6.07) is 11.8. The van der Waals surface area contributed by atoms with E-state index in [9.17, 15) is 9.59 Å². The molecule has 0 N–H and O–H groups in total. The molecule has 1 aromatic heterocycles. The van der Waals surface area contributed by atoms with Crippen molar-refractivity contribution < 1.29 is 9.53 Å². The lowest BCUT2D eigenvalue weighted by Gasteiger charge is -2.53. The summed E-state index contributed by atoms with van der Waals surface area (Å²) >= 11 is 10.1. The number of carbonyl (C=O) groups is 1. The Hall–Kier alpha value is -2.58. The second-order valence-electron chi connectivity index (χ2n) is 11.9. The third-order valence-corrected chi connectivity index (χ3v) is 8.74. The van der Waals surface area contributed by atoms with Crippen LogP contribution in [0, 0.1) is 5.41 Å². The number of hydrogen-bond acceptors (Lipinski definition) is 5. The lowest BCUT2D eigenvalue weighted by molar-refractivity contribution is -0.0434. The number of halogens is 2. The molecule has 1 amide bonds. The van der Waals surface area contributed by atoms with Crippen molar-refractivity contribution in [2.24, 2.45) is 5.41 Å². The number of aromatic nitrogens is 2. The number of nitrogens with zero attached hydrogens (tertiary/aromatic N) is 4. The fraction of sp³-hybridized carbons (Fsp3) is 0.483. The van der Waals surface area contributed by atoms with Gasteiger partial charge in [0, 0.05) is 41.5 Å². The Morgan fingerprint density at radius 3 is 2.42 bits per heavy atom. The first-order valence-electron chi connectivity index (χ1n) is 13.1. The molecular formula is C29H34BrClN4O3. The van der Waals surface area contributed by atoms with E-state index in [1.54, 1.807) is 9.47 Å². The molecule has 2 aliphatic heterocycles. The van der Waals surface area contributed by atoms with Crippen molar-refractivity contribution in [3.8, 4) is 5.69 Å². The number of benzene rings is 2. The predicted octanol–water partition coefficient (Wildman–Crippen LogP) is 6.76. The summed E-state index contributed by atoms with van der Waals surface area (Å²) in [5, 5.41) is 1.42. The van der Waals surface area contributed by atoms with Crippen LogP contribution in [0.25, 0.3) is 16.6 Å². The average Bonchev–Trinajstić information content (AvgIpc) is 2.82. The van der Waals surface area contributed by atoms with Crippen molar-refractivity contribution >= 4 is 50.3 Å². The van der Waals surface area contributed by atoms with Gasteiger partial charge in [0.2, 0.25) is 0 Å². The summed E-state index contributed by atoms with van der Waals surface area (Å²) in [7, 11) is 0. The predicted molar refractivity (Wildman–Crippen MR) is 156 cm³/mol. The van der Waals surface area contributed by atoms with Crippen LogP contribution < -0.4 is 10.6 Å². The molecule has 2 fully saturated rings. The van der Waals surface area contributed by atoms with Gasteiger partial charge in [-0.05, 0) is 79.2 Å². The Morgan fingerprint density at radius 2 is 1.79 bits per heavy atom. The normalized spacial score (nSPS) is 17.3. The molecule has 0 bridgehead atoms. The monoisotopic (exact) mass is 600 g/mol. The molecule has 0 radical (unpaired) electrons. The van der Waals surface area contributed by atoms with Gasteiger partial charge in [-0.1, -0.05) is 43.6 Å². The quantitative estimate of drug-likeness (QED) is 0.332. The van der Waals surface area contributed by atoms with Crippen molar-refractivity contribution in [3.05, 3.63) is 61.9 Å². The zero-order valence-corrected chi connectivity index (χ0v) is 24.9. The first-order chi connectivity index (χ1) is 17.9. The van der Waals surface area contributed by atoms with E-state index in [0.29, 0.717) is 23.9 Å². The van der Waals surface area contributed by atoms with E-state index in [1.807, 2.05) is 51.1 Å². The molecule has 0 unspecified atom stereocenters. The van der Waals surface area contributed by atoms with E-state index in [4.69, 9.17) is 16.3 Å². The highest BCUT2D eigenvalue weighted by atomic mass is 79.9. The molecule has 1 spiro atoms. The second kappa shape index (κ2) is 9.87. The van der Waals surface area contributed by atoms with Crippen molar-refractivity contribution in [1.29, 1.82) is 0 Å². The van der Waals surface area contributed by atoms with Gasteiger partial charge >= 0.3 is 11.8 Å². The highest BCUT2D eigenvalue weighted by Crippen LogP contribution is 2.43. The van der Waals surface area contributed by atoms with Crippen LogP contribution in [0.15, 0.2) is 45.7 Å². The van der Waals surface area contributed by atoms with Crippen molar-refractivity contribution in [3.63, 3.8) is 0 Å². The topological polar surface area (TPSA) is 67.7 Å². The largest absolute Gasteiger partial charge is 0.444 e. The van der Waals surface area contributed by atoms with Crippen molar-refractivity contribution in [2.75, 3.05) is 31.1 Å². The van der Waals surface area contributed by atoms with Crippen LogP contribution in [-0.4, -0.2) is 52.3 Å². The molecule has 7 nitrogen and oxygen atoms in total. The van der Waals surface area contributed by atoms with E-state index >= 15 is 0 Å². The molecule has 2 aromatic carbocycles. The van der Waals surface area contributed by atoms with Gasteiger partial charge in [-0.15, -0.1) is 0 Å². The fourth-order valence-corrected chi connectivity index (χ4v) is 6.08. The van der Waals surface area contributed by atoms with E-state index < -0.39 is 5.60 Å². The minimum Gasteiger partial charge on any atom is -0.444 e. The van der Waals surface area contributed by atoms with Crippen molar-refractivity contribution in [2.45, 2.75) is 59.0 Å². The zero-order valence-electron chi connectivity index (χ0n) is 22.6. The molecule has 0 saturated carbocycles. The number of para-hydroxylation sites is 1.